The zero-order valence-electron chi connectivity index (χ0n) is 10.2. The topological polar surface area (TPSA) is 42.0 Å². The van der Waals surface area contributed by atoms with Crippen LogP contribution in [0.4, 0.5) is 5.69 Å². The van der Waals surface area contributed by atoms with Gasteiger partial charge >= 0.3 is 0 Å². The van der Waals surface area contributed by atoms with Crippen molar-refractivity contribution in [1.29, 1.82) is 0 Å². The summed E-state index contributed by atoms with van der Waals surface area (Å²) in [5, 5.41) is 5.50. The molecule has 6 heteroatoms. The van der Waals surface area contributed by atoms with Crippen LogP contribution in [0.25, 0.3) is 0 Å². The van der Waals surface area contributed by atoms with E-state index in [2.05, 4.69) is 26.2 Å². The van der Waals surface area contributed by atoms with Crippen molar-refractivity contribution >= 4 is 50.5 Å². The number of amides is 1. The quantitative estimate of drug-likeness (QED) is 0.834. The lowest BCUT2D eigenvalue weighted by molar-refractivity contribution is -0.115. The molecule has 2 aromatic rings. The molecule has 1 heterocycles. The van der Waals surface area contributed by atoms with Gasteiger partial charge in [-0.3, -0.25) is 4.79 Å². The van der Waals surface area contributed by atoms with Gasteiger partial charge in [0.1, 0.15) is 5.01 Å². The second-order valence-electron chi connectivity index (χ2n) is 4.06. The monoisotopic (exact) mass is 358 g/mol. The molecule has 0 aliphatic rings. The van der Waals surface area contributed by atoms with Crippen LogP contribution in [0, 0.1) is 6.92 Å². The molecule has 0 bridgehead atoms. The molecule has 2 rings (SSSR count). The minimum absolute atomic E-state index is 0.0776. The largest absolute Gasteiger partial charge is 0.326 e. The van der Waals surface area contributed by atoms with Crippen LogP contribution in [0.5, 0.6) is 0 Å². The van der Waals surface area contributed by atoms with Crippen molar-refractivity contribution in [3.05, 3.63) is 44.3 Å². The number of carbonyl (C=O) groups is 1. The zero-order chi connectivity index (χ0) is 13.8. The van der Waals surface area contributed by atoms with Crippen LogP contribution in [-0.2, 0) is 17.1 Å². The predicted octanol–water partition coefficient (Wildman–Crippen LogP) is 4.13. The molecule has 19 heavy (non-hydrogen) atoms. The van der Waals surface area contributed by atoms with Gasteiger partial charge < -0.3 is 5.32 Å². The standard InChI is InChI=1S/C13H12BrClN2OS/c1-8-2-3-9(4-11(8)14)16-12(18)5-13-17-10(6-15)7-19-13/h2-4,7H,5-6H2,1H3,(H,16,18). The number of hydrogen-bond donors (Lipinski definition) is 1. The van der Waals surface area contributed by atoms with E-state index in [1.165, 1.54) is 11.3 Å². The first-order chi connectivity index (χ1) is 9.08. The number of halogens is 2. The average molecular weight is 360 g/mol. The van der Waals surface area contributed by atoms with Gasteiger partial charge in [0.25, 0.3) is 0 Å². The third kappa shape index (κ3) is 4.03. The van der Waals surface area contributed by atoms with E-state index < -0.39 is 0 Å². The Kier molecular flexibility index (Phi) is 4.96. The number of anilines is 1. The van der Waals surface area contributed by atoms with Gasteiger partial charge in [0.05, 0.1) is 18.0 Å². The van der Waals surface area contributed by atoms with Crippen LogP contribution < -0.4 is 5.32 Å². The van der Waals surface area contributed by atoms with Crippen molar-refractivity contribution < 1.29 is 4.79 Å². The van der Waals surface area contributed by atoms with Crippen molar-refractivity contribution in [3.63, 3.8) is 0 Å². The molecule has 100 valence electrons. The number of carbonyl (C=O) groups excluding carboxylic acids is 1. The summed E-state index contributed by atoms with van der Waals surface area (Å²) in [4.78, 5) is 16.1. The molecular weight excluding hydrogens is 348 g/mol. The molecule has 0 aliphatic heterocycles. The Morgan fingerprint density at radius 3 is 2.95 bits per heavy atom. The average Bonchev–Trinajstić information content (AvgIpc) is 2.81. The number of nitrogens with one attached hydrogen (secondary N) is 1. The van der Waals surface area contributed by atoms with Gasteiger partial charge in [0, 0.05) is 15.5 Å². The molecule has 0 spiro atoms. The van der Waals surface area contributed by atoms with Crippen molar-refractivity contribution in [2.75, 3.05) is 5.32 Å². The molecule has 3 nitrogen and oxygen atoms in total. The number of aromatic nitrogens is 1. The molecular formula is C13H12BrClN2OS. The number of thiazole rings is 1. The van der Waals surface area contributed by atoms with E-state index in [0.29, 0.717) is 5.88 Å². The first-order valence-corrected chi connectivity index (χ1v) is 7.84. The summed E-state index contributed by atoms with van der Waals surface area (Å²) in [6.07, 6.45) is 0.271. The van der Waals surface area contributed by atoms with E-state index in [4.69, 9.17) is 11.6 Å². The van der Waals surface area contributed by atoms with Gasteiger partial charge in [0.15, 0.2) is 0 Å². The van der Waals surface area contributed by atoms with Crippen LogP contribution in [-0.4, -0.2) is 10.9 Å². The summed E-state index contributed by atoms with van der Waals surface area (Å²) in [5.74, 6) is 0.300. The maximum atomic E-state index is 11.9. The highest BCUT2D eigenvalue weighted by Gasteiger charge is 2.08. The molecule has 0 saturated carbocycles. The molecule has 1 amide bonds. The van der Waals surface area contributed by atoms with Gasteiger partial charge in [-0.05, 0) is 24.6 Å². The van der Waals surface area contributed by atoms with E-state index in [1.807, 2.05) is 30.5 Å². The Morgan fingerprint density at radius 2 is 2.32 bits per heavy atom. The van der Waals surface area contributed by atoms with Crippen LogP contribution >= 0.6 is 38.9 Å². The number of nitrogens with zero attached hydrogens (tertiary/aromatic N) is 1. The summed E-state index contributed by atoms with van der Waals surface area (Å²) in [6.45, 7) is 2.00. The Bertz CT molecular complexity index is 600. The molecule has 1 N–H and O–H groups in total. The Morgan fingerprint density at radius 1 is 1.53 bits per heavy atom. The predicted molar refractivity (Wildman–Crippen MR) is 82.9 cm³/mol. The van der Waals surface area contributed by atoms with Crippen molar-refractivity contribution in [3.8, 4) is 0 Å². The second kappa shape index (κ2) is 6.50. The number of hydrogen-bond acceptors (Lipinski definition) is 3. The first kappa shape index (κ1) is 14.5. The first-order valence-electron chi connectivity index (χ1n) is 5.63. The smallest absolute Gasteiger partial charge is 0.231 e. The molecule has 0 saturated heterocycles. The lowest BCUT2D eigenvalue weighted by Gasteiger charge is -2.06. The molecule has 1 aromatic carbocycles. The number of alkyl halides is 1. The lowest BCUT2D eigenvalue weighted by atomic mass is 10.2. The SMILES string of the molecule is Cc1ccc(NC(=O)Cc2nc(CCl)cs2)cc1Br. The van der Waals surface area contributed by atoms with E-state index in [9.17, 15) is 4.79 Å². The summed E-state index contributed by atoms with van der Waals surface area (Å²) in [6, 6.07) is 5.72. The van der Waals surface area contributed by atoms with Crippen LogP contribution in [0.15, 0.2) is 28.1 Å². The second-order valence-corrected chi connectivity index (χ2v) is 6.12. The fraction of sp³-hybridized carbons (Fsp3) is 0.231. The Balaban J connectivity index is 1.98. The van der Waals surface area contributed by atoms with Crippen molar-refractivity contribution in [1.82, 2.24) is 4.98 Å². The Labute approximate surface area is 129 Å². The fourth-order valence-electron chi connectivity index (χ4n) is 1.50. The van der Waals surface area contributed by atoms with Gasteiger partial charge in [-0.25, -0.2) is 4.98 Å². The molecule has 0 aliphatic carbocycles. The highest BCUT2D eigenvalue weighted by atomic mass is 79.9. The van der Waals surface area contributed by atoms with E-state index in [0.717, 1.165) is 26.4 Å². The minimum atomic E-state index is -0.0776. The summed E-state index contributed by atoms with van der Waals surface area (Å²) < 4.78 is 0.976. The molecule has 0 unspecified atom stereocenters. The van der Waals surface area contributed by atoms with Gasteiger partial charge in [-0.1, -0.05) is 22.0 Å². The van der Waals surface area contributed by atoms with Crippen molar-refractivity contribution in [2.24, 2.45) is 0 Å². The number of aryl methyl sites for hydroxylation is 1. The minimum Gasteiger partial charge on any atom is -0.326 e. The van der Waals surface area contributed by atoms with Gasteiger partial charge in [0.2, 0.25) is 5.91 Å². The maximum absolute atomic E-state index is 11.9. The van der Waals surface area contributed by atoms with Crippen LogP contribution in [0.3, 0.4) is 0 Å². The van der Waals surface area contributed by atoms with Gasteiger partial charge in [-0.15, -0.1) is 22.9 Å². The van der Waals surface area contributed by atoms with Crippen LogP contribution in [0.1, 0.15) is 16.3 Å². The Hall–Kier alpha value is -0.910. The highest BCUT2D eigenvalue weighted by Crippen LogP contribution is 2.21. The van der Waals surface area contributed by atoms with E-state index in [1.54, 1.807) is 0 Å². The third-order valence-corrected chi connectivity index (χ3v) is 4.53. The zero-order valence-corrected chi connectivity index (χ0v) is 13.4. The third-order valence-electron chi connectivity index (χ3n) is 2.50. The summed E-state index contributed by atoms with van der Waals surface area (Å²) in [5.41, 5.74) is 2.72. The van der Waals surface area contributed by atoms with E-state index in [-0.39, 0.29) is 12.3 Å². The van der Waals surface area contributed by atoms with E-state index >= 15 is 0 Å². The maximum Gasteiger partial charge on any atom is 0.231 e. The summed E-state index contributed by atoms with van der Waals surface area (Å²) >= 11 is 10.6. The number of benzene rings is 1. The number of rotatable bonds is 4. The lowest BCUT2D eigenvalue weighted by Crippen LogP contribution is -2.14. The molecule has 0 fully saturated rings. The van der Waals surface area contributed by atoms with Gasteiger partial charge in [-0.2, -0.15) is 0 Å². The highest BCUT2D eigenvalue weighted by molar-refractivity contribution is 9.10. The molecule has 0 atom stereocenters. The van der Waals surface area contributed by atoms with Crippen molar-refractivity contribution in [2.45, 2.75) is 19.2 Å². The molecule has 1 aromatic heterocycles. The van der Waals surface area contributed by atoms with Crippen LogP contribution in [0.2, 0.25) is 0 Å². The molecule has 0 radical (unpaired) electrons. The fourth-order valence-corrected chi connectivity index (χ4v) is 2.90. The summed E-state index contributed by atoms with van der Waals surface area (Å²) in [7, 11) is 0. The normalized spacial score (nSPS) is 10.5.